The summed E-state index contributed by atoms with van der Waals surface area (Å²) in [7, 11) is 0. The van der Waals surface area contributed by atoms with E-state index in [1.165, 1.54) is 0 Å². The van der Waals surface area contributed by atoms with Crippen LogP contribution in [0.4, 0.5) is 16.8 Å². The number of hydrogen-bond donors (Lipinski definition) is 3. The quantitative estimate of drug-likeness (QED) is 0.645. The van der Waals surface area contributed by atoms with Gasteiger partial charge < -0.3 is 16.4 Å². The number of rotatable bonds is 6. The van der Waals surface area contributed by atoms with Crippen molar-refractivity contribution in [3.63, 3.8) is 0 Å². The lowest BCUT2D eigenvalue weighted by atomic mass is 10.2. The molecule has 0 aliphatic carbocycles. The van der Waals surface area contributed by atoms with Crippen LogP contribution < -0.4 is 16.4 Å². The van der Waals surface area contributed by atoms with Gasteiger partial charge in [-0.15, -0.1) is 0 Å². The van der Waals surface area contributed by atoms with Crippen LogP contribution in [0, 0.1) is 6.92 Å². The fraction of sp³-hybridized carbons (Fsp3) is 0.188. The maximum atomic E-state index is 5.50. The molecule has 3 aromatic rings. The highest BCUT2D eigenvalue weighted by atomic mass is 32.1. The SMILES string of the molecule is Cc1nc(NCCN)cc(Nc2ncc(-c3ccccc3)s2)n1. The third kappa shape index (κ3) is 4.02. The molecule has 6 nitrogen and oxygen atoms in total. The summed E-state index contributed by atoms with van der Waals surface area (Å²) >= 11 is 1.59. The summed E-state index contributed by atoms with van der Waals surface area (Å²) < 4.78 is 0. The summed E-state index contributed by atoms with van der Waals surface area (Å²) in [5.74, 6) is 2.16. The molecule has 0 unspecified atom stereocenters. The average molecular weight is 326 g/mol. The fourth-order valence-corrected chi connectivity index (χ4v) is 2.93. The molecule has 0 fully saturated rings. The van der Waals surface area contributed by atoms with Crippen molar-refractivity contribution in [2.24, 2.45) is 5.73 Å². The van der Waals surface area contributed by atoms with Crippen LogP contribution in [-0.4, -0.2) is 28.0 Å². The molecular formula is C16H18N6S. The van der Waals surface area contributed by atoms with Crippen molar-refractivity contribution < 1.29 is 0 Å². The van der Waals surface area contributed by atoms with E-state index in [1.54, 1.807) is 11.3 Å². The number of benzene rings is 1. The molecule has 0 amide bonds. The molecule has 118 valence electrons. The lowest BCUT2D eigenvalue weighted by molar-refractivity contribution is 0.987. The van der Waals surface area contributed by atoms with Crippen LogP contribution in [-0.2, 0) is 0 Å². The first-order chi connectivity index (χ1) is 11.2. The van der Waals surface area contributed by atoms with Crippen molar-refractivity contribution in [1.29, 1.82) is 0 Å². The standard InChI is InChI=1S/C16H18N6S/c1-11-20-14(18-8-7-17)9-15(21-11)22-16-19-10-13(23-16)12-5-3-2-4-6-12/h2-6,9-10H,7-8,17H2,1H3,(H2,18,19,20,21,22). The van der Waals surface area contributed by atoms with E-state index in [1.807, 2.05) is 37.4 Å². The molecule has 1 aromatic carbocycles. The highest BCUT2D eigenvalue weighted by Crippen LogP contribution is 2.30. The predicted octanol–water partition coefficient (Wildman–Crippen LogP) is 3.02. The third-order valence-electron chi connectivity index (χ3n) is 3.09. The summed E-state index contributed by atoms with van der Waals surface area (Å²) in [6, 6.07) is 12.0. The summed E-state index contributed by atoms with van der Waals surface area (Å²) in [6.07, 6.45) is 1.87. The second-order valence-corrected chi connectivity index (χ2v) is 5.95. The molecule has 23 heavy (non-hydrogen) atoms. The fourth-order valence-electron chi connectivity index (χ4n) is 2.10. The van der Waals surface area contributed by atoms with Crippen LogP contribution >= 0.6 is 11.3 Å². The Balaban J connectivity index is 1.77. The predicted molar refractivity (Wildman–Crippen MR) is 95.1 cm³/mol. The van der Waals surface area contributed by atoms with E-state index in [0.717, 1.165) is 21.4 Å². The molecule has 0 spiro atoms. The number of aryl methyl sites for hydroxylation is 1. The van der Waals surface area contributed by atoms with Crippen LogP contribution in [0.15, 0.2) is 42.6 Å². The summed E-state index contributed by atoms with van der Waals surface area (Å²) in [6.45, 7) is 3.08. The molecule has 0 saturated heterocycles. The van der Waals surface area contributed by atoms with E-state index >= 15 is 0 Å². The third-order valence-corrected chi connectivity index (χ3v) is 4.05. The van der Waals surface area contributed by atoms with Gasteiger partial charge in [0.2, 0.25) is 0 Å². The zero-order valence-corrected chi connectivity index (χ0v) is 13.6. The Morgan fingerprint density at radius 3 is 2.70 bits per heavy atom. The Hall–Kier alpha value is -2.51. The van der Waals surface area contributed by atoms with E-state index < -0.39 is 0 Å². The molecule has 7 heteroatoms. The lowest BCUT2D eigenvalue weighted by Crippen LogP contribution is -2.14. The number of thiazole rings is 1. The van der Waals surface area contributed by atoms with Crippen molar-refractivity contribution in [3.05, 3.63) is 48.4 Å². The number of hydrogen-bond acceptors (Lipinski definition) is 7. The van der Waals surface area contributed by atoms with Gasteiger partial charge in [0.25, 0.3) is 0 Å². The normalized spacial score (nSPS) is 10.5. The van der Waals surface area contributed by atoms with Gasteiger partial charge in [-0.3, -0.25) is 0 Å². The Bertz CT molecular complexity index is 771. The Kier molecular flexibility index (Phi) is 4.80. The van der Waals surface area contributed by atoms with Gasteiger partial charge in [-0.2, -0.15) is 0 Å². The van der Waals surface area contributed by atoms with Crippen molar-refractivity contribution in [2.75, 3.05) is 23.7 Å². The Morgan fingerprint density at radius 2 is 1.91 bits per heavy atom. The van der Waals surface area contributed by atoms with Gasteiger partial charge in [-0.1, -0.05) is 41.7 Å². The lowest BCUT2D eigenvalue weighted by Gasteiger charge is -2.07. The van der Waals surface area contributed by atoms with Crippen LogP contribution in [0.3, 0.4) is 0 Å². The summed E-state index contributed by atoms with van der Waals surface area (Å²) in [4.78, 5) is 14.3. The van der Waals surface area contributed by atoms with Gasteiger partial charge in [-0.05, 0) is 12.5 Å². The molecule has 2 aromatic heterocycles. The first-order valence-electron chi connectivity index (χ1n) is 7.32. The van der Waals surface area contributed by atoms with Gasteiger partial charge in [0, 0.05) is 25.4 Å². The Morgan fingerprint density at radius 1 is 1.13 bits per heavy atom. The first kappa shape index (κ1) is 15.4. The highest BCUT2D eigenvalue weighted by Gasteiger charge is 2.07. The molecule has 4 N–H and O–H groups in total. The number of anilines is 3. The van der Waals surface area contributed by atoms with Crippen LogP contribution in [0.1, 0.15) is 5.82 Å². The van der Waals surface area contributed by atoms with E-state index in [2.05, 4.69) is 37.7 Å². The van der Waals surface area contributed by atoms with Crippen molar-refractivity contribution >= 4 is 28.1 Å². The van der Waals surface area contributed by atoms with Gasteiger partial charge in [-0.25, -0.2) is 15.0 Å². The molecule has 0 aliphatic heterocycles. The number of aromatic nitrogens is 3. The van der Waals surface area contributed by atoms with E-state index in [0.29, 0.717) is 24.7 Å². The van der Waals surface area contributed by atoms with Crippen molar-refractivity contribution in [2.45, 2.75) is 6.92 Å². The van der Waals surface area contributed by atoms with Crippen molar-refractivity contribution in [1.82, 2.24) is 15.0 Å². The minimum absolute atomic E-state index is 0.554. The second-order valence-electron chi connectivity index (χ2n) is 4.92. The molecule has 0 radical (unpaired) electrons. The second kappa shape index (κ2) is 7.17. The molecule has 3 rings (SSSR count). The molecule has 0 atom stereocenters. The summed E-state index contributed by atoms with van der Waals surface area (Å²) in [5.41, 5.74) is 6.66. The van der Waals surface area contributed by atoms with E-state index in [-0.39, 0.29) is 0 Å². The zero-order chi connectivity index (χ0) is 16.1. The zero-order valence-electron chi connectivity index (χ0n) is 12.8. The molecule has 0 aliphatic rings. The average Bonchev–Trinajstić information content (AvgIpc) is 3.02. The molecule has 0 bridgehead atoms. The number of nitrogens with two attached hydrogens (primary N) is 1. The number of nitrogens with zero attached hydrogens (tertiary/aromatic N) is 3. The maximum absolute atomic E-state index is 5.50. The van der Waals surface area contributed by atoms with E-state index in [4.69, 9.17) is 5.73 Å². The monoisotopic (exact) mass is 326 g/mol. The van der Waals surface area contributed by atoms with Gasteiger partial charge >= 0.3 is 0 Å². The largest absolute Gasteiger partial charge is 0.369 e. The molecular weight excluding hydrogens is 308 g/mol. The van der Waals surface area contributed by atoms with Crippen LogP contribution in [0.25, 0.3) is 10.4 Å². The minimum Gasteiger partial charge on any atom is -0.369 e. The maximum Gasteiger partial charge on any atom is 0.188 e. The van der Waals surface area contributed by atoms with Crippen molar-refractivity contribution in [3.8, 4) is 10.4 Å². The highest BCUT2D eigenvalue weighted by molar-refractivity contribution is 7.18. The molecule has 0 saturated carbocycles. The smallest absolute Gasteiger partial charge is 0.188 e. The van der Waals surface area contributed by atoms with Crippen LogP contribution in [0.2, 0.25) is 0 Å². The van der Waals surface area contributed by atoms with Gasteiger partial charge in [0.1, 0.15) is 17.5 Å². The van der Waals surface area contributed by atoms with Gasteiger partial charge in [0.15, 0.2) is 5.13 Å². The first-order valence-corrected chi connectivity index (χ1v) is 8.14. The van der Waals surface area contributed by atoms with Crippen LogP contribution in [0.5, 0.6) is 0 Å². The Labute approximate surface area is 138 Å². The topological polar surface area (TPSA) is 88.8 Å². The molecule has 2 heterocycles. The number of nitrogens with one attached hydrogen (secondary N) is 2. The van der Waals surface area contributed by atoms with Gasteiger partial charge in [0.05, 0.1) is 4.88 Å². The minimum atomic E-state index is 0.554. The van der Waals surface area contributed by atoms with E-state index in [9.17, 15) is 0 Å². The summed E-state index contributed by atoms with van der Waals surface area (Å²) in [5, 5.41) is 7.19.